The Kier molecular flexibility index (Phi) is 3.08. The van der Waals surface area contributed by atoms with Crippen LogP contribution in [0.3, 0.4) is 0 Å². The van der Waals surface area contributed by atoms with Crippen molar-refractivity contribution < 1.29 is 19.7 Å². The van der Waals surface area contributed by atoms with Gasteiger partial charge in [0.15, 0.2) is 5.79 Å². The Bertz CT molecular complexity index is 188. The van der Waals surface area contributed by atoms with Crippen molar-refractivity contribution in [1.29, 1.82) is 0 Å². The molecule has 0 bridgehead atoms. The zero-order valence-corrected chi connectivity index (χ0v) is 7.99. The molecule has 1 fully saturated rings. The fourth-order valence-corrected chi connectivity index (χ4v) is 1.05. The van der Waals surface area contributed by atoms with E-state index in [1.807, 2.05) is 0 Å². The fourth-order valence-electron chi connectivity index (χ4n) is 1.05. The summed E-state index contributed by atoms with van der Waals surface area (Å²) in [5.41, 5.74) is -1.10. The van der Waals surface area contributed by atoms with E-state index in [0.29, 0.717) is 0 Å². The van der Waals surface area contributed by atoms with Crippen LogP contribution in [0.1, 0.15) is 13.8 Å². The van der Waals surface area contributed by atoms with Crippen LogP contribution in [0, 0.1) is 0 Å². The summed E-state index contributed by atoms with van der Waals surface area (Å²) in [6, 6.07) is 0. The highest BCUT2D eigenvalue weighted by Crippen LogP contribution is 2.23. The third kappa shape index (κ3) is 3.08. The molecule has 1 aliphatic rings. The van der Waals surface area contributed by atoms with E-state index in [1.54, 1.807) is 13.8 Å². The predicted molar refractivity (Wildman–Crippen MR) is 47.2 cm³/mol. The molecule has 0 aromatic heterocycles. The summed E-state index contributed by atoms with van der Waals surface area (Å²) in [5, 5.41) is 18.3. The van der Waals surface area contributed by atoms with Crippen molar-refractivity contribution in [3.8, 4) is 0 Å². The fraction of sp³-hybridized carbons (Fsp3) is 0.778. The van der Waals surface area contributed by atoms with E-state index in [0.717, 1.165) is 0 Å². The Morgan fingerprint density at radius 2 is 1.85 bits per heavy atom. The Hall–Kier alpha value is -0.420. The molecule has 2 N–H and O–H groups in total. The average Bonchev–Trinajstić information content (AvgIpc) is 2.08. The van der Waals surface area contributed by atoms with Gasteiger partial charge in [-0.3, -0.25) is 0 Å². The van der Waals surface area contributed by atoms with Gasteiger partial charge >= 0.3 is 0 Å². The van der Waals surface area contributed by atoms with E-state index < -0.39 is 11.4 Å². The molecule has 1 saturated heterocycles. The Balaban J connectivity index is 2.51. The highest BCUT2D eigenvalue weighted by atomic mass is 16.7. The van der Waals surface area contributed by atoms with Crippen molar-refractivity contribution in [1.82, 2.24) is 0 Å². The Morgan fingerprint density at radius 3 is 2.31 bits per heavy atom. The first kappa shape index (κ1) is 10.7. The van der Waals surface area contributed by atoms with E-state index in [-0.39, 0.29) is 19.8 Å². The molecule has 1 rings (SSSR count). The van der Waals surface area contributed by atoms with E-state index >= 15 is 0 Å². The molecule has 0 unspecified atom stereocenters. The third-order valence-corrected chi connectivity index (χ3v) is 1.87. The van der Waals surface area contributed by atoms with Gasteiger partial charge in [0.05, 0.1) is 19.8 Å². The average molecular weight is 188 g/mol. The van der Waals surface area contributed by atoms with Crippen LogP contribution in [0.15, 0.2) is 12.2 Å². The molecule has 0 aliphatic carbocycles. The monoisotopic (exact) mass is 188 g/mol. The first-order valence-electron chi connectivity index (χ1n) is 4.26. The van der Waals surface area contributed by atoms with E-state index in [2.05, 4.69) is 0 Å². The summed E-state index contributed by atoms with van der Waals surface area (Å²) in [5.74, 6) is -0.626. The lowest BCUT2D eigenvalue weighted by Crippen LogP contribution is -2.50. The van der Waals surface area contributed by atoms with E-state index in [4.69, 9.17) is 14.6 Å². The van der Waals surface area contributed by atoms with Gasteiger partial charge in [-0.05, 0) is 13.8 Å². The molecule has 0 spiro atoms. The summed E-state index contributed by atoms with van der Waals surface area (Å²) in [4.78, 5) is 0. The van der Waals surface area contributed by atoms with Gasteiger partial charge < -0.3 is 19.7 Å². The second-order valence-corrected chi connectivity index (χ2v) is 3.67. The summed E-state index contributed by atoms with van der Waals surface area (Å²) in [7, 11) is 0. The first-order chi connectivity index (χ1) is 5.97. The van der Waals surface area contributed by atoms with Gasteiger partial charge in [0, 0.05) is 0 Å². The molecule has 76 valence electrons. The van der Waals surface area contributed by atoms with Crippen molar-refractivity contribution in [2.24, 2.45) is 0 Å². The maximum Gasteiger partial charge on any atom is 0.163 e. The molecule has 0 atom stereocenters. The Morgan fingerprint density at radius 1 is 1.31 bits per heavy atom. The quantitative estimate of drug-likeness (QED) is 0.601. The maximum absolute atomic E-state index is 9.79. The van der Waals surface area contributed by atoms with Crippen molar-refractivity contribution in [2.75, 3.05) is 19.8 Å². The Labute approximate surface area is 77.8 Å². The van der Waals surface area contributed by atoms with Crippen molar-refractivity contribution in [3.05, 3.63) is 12.2 Å². The number of rotatable bonds is 2. The lowest BCUT2D eigenvalue weighted by molar-refractivity contribution is -0.290. The van der Waals surface area contributed by atoms with Gasteiger partial charge in [0.2, 0.25) is 0 Å². The van der Waals surface area contributed by atoms with Crippen LogP contribution in [-0.2, 0) is 9.47 Å². The molecule has 0 aromatic carbocycles. The molecule has 1 heterocycles. The largest absolute Gasteiger partial charge is 0.392 e. The summed E-state index contributed by atoms with van der Waals surface area (Å²) >= 11 is 0. The van der Waals surface area contributed by atoms with E-state index in [9.17, 15) is 5.11 Å². The summed E-state index contributed by atoms with van der Waals surface area (Å²) < 4.78 is 10.5. The number of ether oxygens (including phenoxy) is 2. The van der Waals surface area contributed by atoms with E-state index in [1.165, 1.54) is 12.2 Å². The van der Waals surface area contributed by atoms with Crippen LogP contribution in [0.2, 0.25) is 0 Å². The van der Waals surface area contributed by atoms with Gasteiger partial charge in [0.25, 0.3) is 0 Å². The minimum Gasteiger partial charge on any atom is -0.392 e. The lowest BCUT2D eigenvalue weighted by atomic mass is 10.0. The van der Waals surface area contributed by atoms with Gasteiger partial charge in [-0.25, -0.2) is 0 Å². The zero-order chi connectivity index (χ0) is 9.95. The van der Waals surface area contributed by atoms with Gasteiger partial charge in [-0.1, -0.05) is 12.2 Å². The highest BCUT2D eigenvalue weighted by molar-refractivity contribution is 5.02. The van der Waals surface area contributed by atoms with Gasteiger partial charge in [0.1, 0.15) is 5.60 Å². The standard InChI is InChI=1S/C9H16O4/c1-8(2)12-6-9(11,7-13-8)4-3-5-10/h3-4,10-11H,5-7H2,1-2H3. The van der Waals surface area contributed by atoms with Crippen molar-refractivity contribution in [2.45, 2.75) is 25.2 Å². The summed E-state index contributed by atoms with van der Waals surface area (Å²) in [6.07, 6.45) is 2.98. The smallest absolute Gasteiger partial charge is 0.163 e. The molecule has 4 heteroatoms. The third-order valence-electron chi connectivity index (χ3n) is 1.87. The molecular formula is C9H16O4. The molecule has 0 radical (unpaired) electrons. The summed E-state index contributed by atoms with van der Waals surface area (Å²) in [6.45, 7) is 3.88. The normalized spacial score (nSPS) is 26.5. The second-order valence-electron chi connectivity index (χ2n) is 3.67. The lowest BCUT2D eigenvalue weighted by Gasteiger charge is -2.38. The SMILES string of the molecule is CC1(C)OCC(O)(C=CCO)CO1. The van der Waals surface area contributed by atoms with Crippen LogP contribution in [-0.4, -0.2) is 41.4 Å². The van der Waals surface area contributed by atoms with Gasteiger partial charge in [-0.2, -0.15) is 0 Å². The maximum atomic E-state index is 9.79. The van der Waals surface area contributed by atoms with Gasteiger partial charge in [-0.15, -0.1) is 0 Å². The number of hydrogen-bond donors (Lipinski definition) is 2. The molecule has 1 aliphatic heterocycles. The molecule has 0 saturated carbocycles. The van der Waals surface area contributed by atoms with Crippen LogP contribution < -0.4 is 0 Å². The first-order valence-corrected chi connectivity index (χ1v) is 4.26. The van der Waals surface area contributed by atoms with Crippen LogP contribution in [0.5, 0.6) is 0 Å². The number of aliphatic hydroxyl groups is 2. The minimum absolute atomic E-state index is 0.0916. The van der Waals surface area contributed by atoms with Crippen LogP contribution >= 0.6 is 0 Å². The molecule has 0 aromatic rings. The van der Waals surface area contributed by atoms with Crippen LogP contribution in [0.4, 0.5) is 0 Å². The van der Waals surface area contributed by atoms with Crippen molar-refractivity contribution in [3.63, 3.8) is 0 Å². The predicted octanol–water partition coefficient (Wildman–Crippen LogP) is 0.0489. The number of aliphatic hydroxyl groups excluding tert-OH is 1. The molecule has 4 nitrogen and oxygen atoms in total. The number of hydrogen-bond acceptors (Lipinski definition) is 4. The van der Waals surface area contributed by atoms with Crippen LogP contribution in [0.25, 0.3) is 0 Å². The highest BCUT2D eigenvalue weighted by Gasteiger charge is 2.36. The van der Waals surface area contributed by atoms with Crippen molar-refractivity contribution >= 4 is 0 Å². The minimum atomic E-state index is -1.10. The molecule has 13 heavy (non-hydrogen) atoms. The zero-order valence-electron chi connectivity index (χ0n) is 7.99. The topological polar surface area (TPSA) is 58.9 Å². The molecular weight excluding hydrogens is 172 g/mol. The molecule has 0 amide bonds. The second kappa shape index (κ2) is 3.75.